The van der Waals surface area contributed by atoms with E-state index in [1.54, 1.807) is 0 Å². The topological polar surface area (TPSA) is 36.4 Å². The number of nitrogens with one attached hydrogen (secondary N) is 2. The molecule has 0 unspecified atom stereocenters. The van der Waals surface area contributed by atoms with E-state index in [1.807, 2.05) is 24.3 Å². The lowest BCUT2D eigenvalue weighted by molar-refractivity contribution is -0.132. The Kier molecular flexibility index (Phi) is 10.6. The number of alkyl halides is 3. The SMILES string of the molecule is CN=C(NCCCc1ccc(Cl)cc1)NCCC(F)(F)F.I. The van der Waals surface area contributed by atoms with E-state index in [2.05, 4.69) is 15.6 Å². The van der Waals surface area contributed by atoms with Gasteiger partial charge in [-0.05, 0) is 30.5 Å². The highest BCUT2D eigenvalue weighted by Gasteiger charge is 2.26. The molecule has 0 radical (unpaired) electrons. The second-order valence-electron chi connectivity index (χ2n) is 4.52. The second-order valence-corrected chi connectivity index (χ2v) is 4.96. The number of guanidine groups is 1. The van der Waals surface area contributed by atoms with Gasteiger partial charge in [0.1, 0.15) is 0 Å². The van der Waals surface area contributed by atoms with Crippen LogP contribution in [0.1, 0.15) is 18.4 Å². The van der Waals surface area contributed by atoms with Gasteiger partial charge in [-0.2, -0.15) is 13.2 Å². The van der Waals surface area contributed by atoms with Crippen LogP contribution in [0, 0.1) is 0 Å². The summed E-state index contributed by atoms with van der Waals surface area (Å²) in [5, 5.41) is 6.32. The largest absolute Gasteiger partial charge is 0.390 e. The van der Waals surface area contributed by atoms with Crippen molar-refractivity contribution in [3.05, 3.63) is 34.9 Å². The molecule has 0 saturated heterocycles. The van der Waals surface area contributed by atoms with Crippen LogP contribution in [0.25, 0.3) is 0 Å². The minimum absolute atomic E-state index is 0. The first kappa shape index (κ1) is 21.3. The maximum absolute atomic E-state index is 12.0. The number of hydrogen-bond donors (Lipinski definition) is 2. The van der Waals surface area contributed by atoms with E-state index in [9.17, 15) is 13.2 Å². The van der Waals surface area contributed by atoms with Gasteiger partial charge in [-0.3, -0.25) is 4.99 Å². The Hall–Kier alpha value is -0.700. The van der Waals surface area contributed by atoms with Crippen molar-refractivity contribution in [2.24, 2.45) is 4.99 Å². The lowest BCUT2D eigenvalue weighted by atomic mass is 10.1. The van der Waals surface area contributed by atoms with Gasteiger partial charge in [0.25, 0.3) is 0 Å². The van der Waals surface area contributed by atoms with E-state index in [0.29, 0.717) is 17.5 Å². The normalized spacial score (nSPS) is 11.8. The van der Waals surface area contributed by atoms with E-state index < -0.39 is 12.6 Å². The van der Waals surface area contributed by atoms with Gasteiger partial charge in [-0.25, -0.2) is 0 Å². The molecule has 3 nitrogen and oxygen atoms in total. The third-order valence-electron chi connectivity index (χ3n) is 2.77. The third-order valence-corrected chi connectivity index (χ3v) is 3.02. The number of nitrogens with zero attached hydrogens (tertiary/aromatic N) is 1. The minimum Gasteiger partial charge on any atom is -0.356 e. The van der Waals surface area contributed by atoms with E-state index in [4.69, 9.17) is 11.6 Å². The molecule has 0 aliphatic heterocycles. The van der Waals surface area contributed by atoms with Crippen LogP contribution in [0.5, 0.6) is 0 Å². The average molecular weight is 450 g/mol. The second kappa shape index (κ2) is 10.9. The molecule has 0 atom stereocenters. The van der Waals surface area contributed by atoms with E-state index in [1.165, 1.54) is 12.6 Å². The first-order valence-corrected chi connectivity index (χ1v) is 7.04. The molecule has 0 heterocycles. The van der Waals surface area contributed by atoms with Crippen molar-refractivity contribution in [3.63, 3.8) is 0 Å². The molecular weight excluding hydrogens is 430 g/mol. The number of aryl methyl sites for hydroxylation is 1. The Morgan fingerprint density at radius 2 is 1.73 bits per heavy atom. The number of aliphatic imine (C=N–C) groups is 1. The van der Waals surface area contributed by atoms with Crippen LogP contribution < -0.4 is 10.6 Å². The van der Waals surface area contributed by atoms with Crippen molar-refractivity contribution in [2.75, 3.05) is 20.1 Å². The van der Waals surface area contributed by atoms with Gasteiger partial charge in [0, 0.05) is 25.2 Å². The summed E-state index contributed by atoms with van der Waals surface area (Å²) >= 11 is 5.80. The molecule has 2 N–H and O–H groups in total. The number of rotatable bonds is 6. The summed E-state index contributed by atoms with van der Waals surface area (Å²) in [6.45, 7) is 0.453. The Morgan fingerprint density at radius 3 is 2.27 bits per heavy atom. The fraction of sp³-hybridized carbons (Fsp3) is 0.500. The van der Waals surface area contributed by atoms with Gasteiger partial charge in [-0.15, -0.1) is 24.0 Å². The highest BCUT2D eigenvalue weighted by atomic mass is 127. The van der Waals surface area contributed by atoms with E-state index in [0.717, 1.165) is 12.8 Å². The molecule has 126 valence electrons. The Bertz CT molecular complexity index is 450. The summed E-state index contributed by atoms with van der Waals surface area (Å²) in [6, 6.07) is 7.58. The molecule has 0 bridgehead atoms. The fourth-order valence-corrected chi connectivity index (χ4v) is 1.82. The van der Waals surface area contributed by atoms with Gasteiger partial charge in [0.05, 0.1) is 6.42 Å². The molecule has 0 amide bonds. The summed E-state index contributed by atoms with van der Waals surface area (Å²) in [5.41, 5.74) is 1.17. The van der Waals surface area contributed by atoms with Gasteiger partial charge in [0.2, 0.25) is 0 Å². The molecule has 0 spiro atoms. The molecule has 22 heavy (non-hydrogen) atoms. The molecule has 0 aromatic heterocycles. The number of halogens is 5. The van der Waals surface area contributed by atoms with Crippen LogP contribution >= 0.6 is 35.6 Å². The molecule has 1 rings (SSSR count). The summed E-state index contributed by atoms with van der Waals surface area (Å²) in [4.78, 5) is 3.87. The summed E-state index contributed by atoms with van der Waals surface area (Å²) in [6.07, 6.45) is -3.32. The number of hydrogen-bond acceptors (Lipinski definition) is 1. The van der Waals surface area contributed by atoms with Crippen LogP contribution in [0.3, 0.4) is 0 Å². The summed E-state index contributed by atoms with van der Waals surface area (Å²) in [5.74, 6) is 0.385. The van der Waals surface area contributed by atoms with Crippen LogP contribution in [-0.2, 0) is 6.42 Å². The van der Waals surface area contributed by atoms with Crippen molar-refractivity contribution < 1.29 is 13.2 Å². The van der Waals surface area contributed by atoms with Crippen molar-refractivity contribution >= 4 is 41.5 Å². The Balaban J connectivity index is 0.00000441. The van der Waals surface area contributed by atoms with Crippen molar-refractivity contribution in [3.8, 4) is 0 Å². The zero-order valence-electron chi connectivity index (χ0n) is 12.2. The van der Waals surface area contributed by atoms with Gasteiger partial charge < -0.3 is 10.6 Å². The molecule has 0 saturated carbocycles. The van der Waals surface area contributed by atoms with Crippen molar-refractivity contribution in [1.29, 1.82) is 0 Å². The van der Waals surface area contributed by atoms with E-state index >= 15 is 0 Å². The molecular formula is C14H20ClF3IN3. The van der Waals surface area contributed by atoms with Crippen LogP contribution in [0.2, 0.25) is 5.02 Å². The zero-order valence-corrected chi connectivity index (χ0v) is 15.3. The van der Waals surface area contributed by atoms with E-state index in [-0.39, 0.29) is 30.5 Å². The summed E-state index contributed by atoms with van der Waals surface area (Å²) in [7, 11) is 1.53. The maximum atomic E-state index is 12.0. The molecule has 1 aromatic carbocycles. The highest BCUT2D eigenvalue weighted by Crippen LogP contribution is 2.18. The maximum Gasteiger partial charge on any atom is 0.390 e. The van der Waals surface area contributed by atoms with Gasteiger partial charge in [-0.1, -0.05) is 23.7 Å². The smallest absolute Gasteiger partial charge is 0.356 e. The molecule has 1 aromatic rings. The van der Waals surface area contributed by atoms with Crippen molar-refractivity contribution in [2.45, 2.75) is 25.4 Å². The van der Waals surface area contributed by atoms with Crippen LogP contribution in [-0.4, -0.2) is 32.3 Å². The Labute approximate surface area is 150 Å². The van der Waals surface area contributed by atoms with Gasteiger partial charge in [0.15, 0.2) is 5.96 Å². The molecule has 0 aliphatic rings. The predicted molar refractivity (Wildman–Crippen MR) is 95.2 cm³/mol. The monoisotopic (exact) mass is 449 g/mol. The van der Waals surface area contributed by atoms with Crippen LogP contribution in [0.15, 0.2) is 29.3 Å². The summed E-state index contributed by atoms with van der Waals surface area (Å²) < 4.78 is 36.1. The molecule has 0 aliphatic carbocycles. The third kappa shape index (κ3) is 10.1. The zero-order chi connectivity index (χ0) is 15.7. The first-order valence-electron chi connectivity index (χ1n) is 6.66. The van der Waals surface area contributed by atoms with Crippen LogP contribution in [0.4, 0.5) is 13.2 Å². The quantitative estimate of drug-likeness (QED) is 0.298. The first-order chi connectivity index (χ1) is 9.90. The van der Waals surface area contributed by atoms with Gasteiger partial charge >= 0.3 is 6.18 Å². The fourth-order valence-electron chi connectivity index (χ4n) is 1.69. The number of benzene rings is 1. The lowest BCUT2D eigenvalue weighted by Gasteiger charge is -2.12. The average Bonchev–Trinajstić information content (AvgIpc) is 2.42. The standard InChI is InChI=1S/C14H19ClF3N3.HI/c1-19-13(21-10-8-14(16,17)18)20-9-2-3-11-4-6-12(15)7-5-11;/h4-7H,2-3,8-10H2,1H3,(H2,19,20,21);1H. The molecule has 8 heteroatoms. The lowest BCUT2D eigenvalue weighted by Crippen LogP contribution is -2.39. The molecule has 0 fully saturated rings. The minimum atomic E-state index is -4.15. The Morgan fingerprint density at radius 1 is 1.14 bits per heavy atom. The van der Waals surface area contributed by atoms with Crippen molar-refractivity contribution in [1.82, 2.24) is 10.6 Å². The highest BCUT2D eigenvalue weighted by molar-refractivity contribution is 14.0. The predicted octanol–water partition coefficient (Wildman–Crippen LogP) is 4.01.